The second-order valence-corrected chi connectivity index (χ2v) is 4.90. The Morgan fingerprint density at radius 2 is 2.07 bits per heavy atom. The van der Waals surface area contributed by atoms with Crippen LogP contribution in [0.5, 0.6) is 0 Å². The smallest absolute Gasteiger partial charge is 0.410 e. The molecule has 1 fully saturated rings. The summed E-state index contributed by atoms with van der Waals surface area (Å²) in [4.78, 5) is 13.0. The number of ether oxygens (including phenoxy) is 1. The normalized spacial score (nSPS) is 26.9. The SMILES string of the molecule is CC(C)(C)OC(=O)N1CC(CO)[C@@H](O)C1. The van der Waals surface area contributed by atoms with Crippen molar-refractivity contribution in [3.05, 3.63) is 0 Å². The van der Waals surface area contributed by atoms with Gasteiger partial charge in [0.15, 0.2) is 0 Å². The Bertz CT molecular complexity index is 236. The minimum absolute atomic E-state index is 0.111. The molecule has 1 aliphatic rings. The standard InChI is InChI=1S/C10H19NO4/c1-10(2,3)15-9(14)11-4-7(6-12)8(13)5-11/h7-8,12-13H,4-6H2,1-3H3/t7?,8-/m0/s1. The van der Waals surface area contributed by atoms with Gasteiger partial charge < -0.3 is 19.8 Å². The molecule has 0 bridgehead atoms. The van der Waals surface area contributed by atoms with Crippen LogP contribution in [0.4, 0.5) is 4.79 Å². The van der Waals surface area contributed by atoms with Gasteiger partial charge in [0.1, 0.15) is 5.60 Å². The van der Waals surface area contributed by atoms with Gasteiger partial charge in [0, 0.05) is 12.5 Å². The number of likely N-dealkylation sites (tertiary alicyclic amines) is 1. The van der Waals surface area contributed by atoms with Crippen molar-refractivity contribution in [1.82, 2.24) is 4.90 Å². The lowest BCUT2D eigenvalue weighted by Gasteiger charge is -2.24. The van der Waals surface area contributed by atoms with E-state index >= 15 is 0 Å². The zero-order valence-electron chi connectivity index (χ0n) is 9.43. The van der Waals surface area contributed by atoms with Gasteiger partial charge in [-0.05, 0) is 20.8 Å². The van der Waals surface area contributed by atoms with Crippen LogP contribution in [-0.4, -0.2) is 52.6 Å². The van der Waals surface area contributed by atoms with Gasteiger partial charge in [-0.3, -0.25) is 0 Å². The highest BCUT2D eigenvalue weighted by Crippen LogP contribution is 2.19. The first-order valence-electron chi connectivity index (χ1n) is 5.10. The molecule has 0 saturated carbocycles. The van der Waals surface area contributed by atoms with Gasteiger partial charge in [-0.1, -0.05) is 0 Å². The average molecular weight is 217 g/mol. The molecule has 5 nitrogen and oxygen atoms in total. The maximum Gasteiger partial charge on any atom is 0.410 e. The maximum atomic E-state index is 11.6. The molecular formula is C10H19NO4. The van der Waals surface area contributed by atoms with Crippen LogP contribution in [0.1, 0.15) is 20.8 Å². The fourth-order valence-corrected chi connectivity index (χ4v) is 1.51. The molecule has 0 aromatic carbocycles. The molecule has 15 heavy (non-hydrogen) atoms. The van der Waals surface area contributed by atoms with E-state index in [2.05, 4.69) is 0 Å². The Hall–Kier alpha value is -0.810. The van der Waals surface area contributed by atoms with Crippen molar-refractivity contribution in [2.45, 2.75) is 32.5 Å². The quantitative estimate of drug-likeness (QED) is 0.658. The summed E-state index contributed by atoms with van der Waals surface area (Å²) in [6.45, 7) is 5.86. The zero-order chi connectivity index (χ0) is 11.6. The molecule has 1 rings (SSSR count). The first-order chi connectivity index (χ1) is 6.83. The summed E-state index contributed by atoms with van der Waals surface area (Å²) in [5.74, 6) is -0.252. The molecule has 0 spiro atoms. The highest BCUT2D eigenvalue weighted by Gasteiger charge is 2.35. The van der Waals surface area contributed by atoms with Gasteiger partial charge in [0.25, 0.3) is 0 Å². The average Bonchev–Trinajstić information content (AvgIpc) is 2.43. The summed E-state index contributed by atoms with van der Waals surface area (Å²) in [7, 11) is 0. The molecule has 0 aromatic heterocycles. The molecule has 5 heteroatoms. The van der Waals surface area contributed by atoms with Crippen LogP contribution in [-0.2, 0) is 4.74 Å². The molecule has 0 radical (unpaired) electrons. The van der Waals surface area contributed by atoms with E-state index in [1.807, 2.05) is 0 Å². The molecule has 2 N–H and O–H groups in total. The van der Waals surface area contributed by atoms with Gasteiger partial charge in [-0.25, -0.2) is 4.79 Å². The third kappa shape index (κ3) is 3.35. The highest BCUT2D eigenvalue weighted by molar-refractivity contribution is 5.68. The second kappa shape index (κ2) is 4.37. The summed E-state index contributed by atoms with van der Waals surface area (Å²) in [5.41, 5.74) is -0.528. The van der Waals surface area contributed by atoms with E-state index < -0.39 is 17.8 Å². The summed E-state index contributed by atoms with van der Waals surface area (Å²) in [6, 6.07) is 0. The van der Waals surface area contributed by atoms with E-state index in [0.29, 0.717) is 6.54 Å². The number of aliphatic hydroxyl groups excluding tert-OH is 2. The predicted molar refractivity (Wildman–Crippen MR) is 54.4 cm³/mol. The van der Waals surface area contributed by atoms with Crippen molar-refractivity contribution in [1.29, 1.82) is 0 Å². The molecule has 88 valence electrons. The topological polar surface area (TPSA) is 70.0 Å². The van der Waals surface area contributed by atoms with E-state index in [-0.39, 0.29) is 19.1 Å². The highest BCUT2D eigenvalue weighted by atomic mass is 16.6. The van der Waals surface area contributed by atoms with E-state index in [0.717, 1.165) is 0 Å². The Morgan fingerprint density at radius 3 is 2.47 bits per heavy atom. The van der Waals surface area contributed by atoms with Crippen molar-refractivity contribution in [3.8, 4) is 0 Å². The largest absolute Gasteiger partial charge is 0.444 e. The number of nitrogens with zero attached hydrogens (tertiary/aromatic N) is 1. The van der Waals surface area contributed by atoms with Gasteiger partial charge in [-0.2, -0.15) is 0 Å². The predicted octanol–water partition coefficient (Wildman–Crippen LogP) is 0.207. The van der Waals surface area contributed by atoms with Crippen LogP contribution in [0.15, 0.2) is 0 Å². The summed E-state index contributed by atoms with van der Waals surface area (Å²) >= 11 is 0. The molecule has 1 amide bonds. The van der Waals surface area contributed by atoms with Crippen LogP contribution in [0.2, 0.25) is 0 Å². The second-order valence-electron chi connectivity index (χ2n) is 4.90. The molecular weight excluding hydrogens is 198 g/mol. The zero-order valence-corrected chi connectivity index (χ0v) is 9.43. The maximum absolute atomic E-state index is 11.6. The van der Waals surface area contributed by atoms with Gasteiger partial charge in [-0.15, -0.1) is 0 Å². The monoisotopic (exact) mass is 217 g/mol. The third-order valence-corrected chi connectivity index (χ3v) is 2.29. The number of amides is 1. The van der Waals surface area contributed by atoms with Crippen LogP contribution in [0, 0.1) is 5.92 Å². The summed E-state index contributed by atoms with van der Waals surface area (Å²) in [6.07, 6.45) is -1.08. The molecule has 0 aromatic rings. The van der Waals surface area contributed by atoms with Crippen LogP contribution < -0.4 is 0 Å². The van der Waals surface area contributed by atoms with Crippen LogP contribution in [0.25, 0.3) is 0 Å². The first kappa shape index (κ1) is 12.3. The fraction of sp³-hybridized carbons (Fsp3) is 0.900. The Kier molecular flexibility index (Phi) is 3.57. The minimum Gasteiger partial charge on any atom is -0.444 e. The fourth-order valence-electron chi connectivity index (χ4n) is 1.51. The lowest BCUT2D eigenvalue weighted by Crippen LogP contribution is -2.35. The number of aliphatic hydroxyl groups is 2. The van der Waals surface area contributed by atoms with E-state index in [1.165, 1.54) is 4.90 Å². The molecule has 1 aliphatic heterocycles. The number of hydrogen-bond acceptors (Lipinski definition) is 4. The van der Waals surface area contributed by atoms with Crippen LogP contribution in [0.3, 0.4) is 0 Å². The van der Waals surface area contributed by atoms with Crippen LogP contribution >= 0.6 is 0 Å². The molecule has 1 saturated heterocycles. The Morgan fingerprint density at radius 1 is 1.47 bits per heavy atom. The number of rotatable bonds is 1. The third-order valence-electron chi connectivity index (χ3n) is 2.29. The van der Waals surface area contributed by atoms with Gasteiger partial charge in [0.2, 0.25) is 0 Å². The first-order valence-corrected chi connectivity index (χ1v) is 5.10. The summed E-state index contributed by atoms with van der Waals surface area (Å²) < 4.78 is 5.16. The van der Waals surface area contributed by atoms with Crippen molar-refractivity contribution in [2.75, 3.05) is 19.7 Å². The lowest BCUT2D eigenvalue weighted by atomic mass is 10.1. The van der Waals surface area contributed by atoms with Crippen molar-refractivity contribution >= 4 is 6.09 Å². The molecule has 0 aliphatic carbocycles. The van der Waals surface area contributed by atoms with E-state index in [9.17, 15) is 9.90 Å². The summed E-state index contributed by atoms with van der Waals surface area (Å²) in [5, 5.41) is 18.4. The minimum atomic E-state index is -0.650. The number of carbonyl (C=O) groups excluding carboxylic acids is 1. The van der Waals surface area contributed by atoms with Crippen molar-refractivity contribution in [2.24, 2.45) is 5.92 Å². The lowest BCUT2D eigenvalue weighted by molar-refractivity contribution is 0.0269. The Balaban J connectivity index is 2.50. The Labute approximate surface area is 89.6 Å². The molecule has 2 atom stereocenters. The number of β-amino-alcohol motifs (C(OH)–C–C–N with tert-alkyl or cyclic N) is 1. The van der Waals surface area contributed by atoms with E-state index in [4.69, 9.17) is 9.84 Å². The van der Waals surface area contributed by atoms with Crippen molar-refractivity contribution < 1.29 is 19.7 Å². The molecule has 1 unspecified atom stereocenters. The van der Waals surface area contributed by atoms with Gasteiger partial charge >= 0.3 is 6.09 Å². The van der Waals surface area contributed by atoms with Crippen molar-refractivity contribution in [3.63, 3.8) is 0 Å². The number of hydrogen-bond donors (Lipinski definition) is 2. The van der Waals surface area contributed by atoms with Gasteiger partial charge in [0.05, 0.1) is 19.3 Å². The number of carbonyl (C=O) groups is 1. The molecule has 1 heterocycles. The van der Waals surface area contributed by atoms with E-state index in [1.54, 1.807) is 20.8 Å².